The van der Waals surface area contributed by atoms with Crippen molar-refractivity contribution in [3.63, 3.8) is 0 Å². The summed E-state index contributed by atoms with van der Waals surface area (Å²) in [4.78, 5) is 64.1. The van der Waals surface area contributed by atoms with Crippen molar-refractivity contribution < 1.29 is 39.3 Å². The second-order valence-corrected chi connectivity index (χ2v) is 8.46. The number of aliphatic imine (C=N–C) groups is 1. The third kappa shape index (κ3) is 14.6. The van der Waals surface area contributed by atoms with Gasteiger partial charge in [-0.3, -0.25) is 24.2 Å². The van der Waals surface area contributed by atoms with Crippen LogP contribution >= 0.6 is 0 Å². The Bertz CT molecular complexity index is 803. The summed E-state index contributed by atoms with van der Waals surface area (Å²) in [5, 5.41) is 35.0. The molecule has 0 bridgehead atoms. The lowest BCUT2D eigenvalue weighted by atomic mass is 10.0. The normalized spacial score (nSPS) is 14.8. The molecule has 16 heteroatoms. The van der Waals surface area contributed by atoms with Crippen molar-refractivity contribution in [1.82, 2.24) is 16.0 Å². The molecule has 0 spiro atoms. The molecule has 0 aliphatic rings. The Labute approximate surface area is 214 Å². The minimum atomic E-state index is -1.58. The molecule has 0 aliphatic heterocycles. The Balaban J connectivity index is 5.36. The molecule has 0 saturated carbocycles. The number of hydrogen-bond donors (Lipinski definition) is 10. The number of nitrogens with zero attached hydrogens (tertiary/aromatic N) is 1. The highest BCUT2D eigenvalue weighted by atomic mass is 16.4. The van der Waals surface area contributed by atoms with Gasteiger partial charge in [-0.25, -0.2) is 4.79 Å². The SMILES string of the molecule is CC(O)C(NC(=O)C(CCCCN)NC(=O)C(N)CCCN=C(N)N)C(=O)NC(CCC(=O)O)C(=O)O. The summed E-state index contributed by atoms with van der Waals surface area (Å²) in [7, 11) is 0. The molecule has 3 amide bonds. The van der Waals surface area contributed by atoms with Gasteiger partial charge in [-0.2, -0.15) is 0 Å². The Kier molecular flexibility index (Phi) is 16.2. The molecule has 0 heterocycles. The van der Waals surface area contributed by atoms with E-state index in [0.29, 0.717) is 25.8 Å². The van der Waals surface area contributed by atoms with Crippen LogP contribution in [0.15, 0.2) is 4.99 Å². The lowest BCUT2D eigenvalue weighted by molar-refractivity contribution is -0.144. The van der Waals surface area contributed by atoms with Gasteiger partial charge in [-0.05, 0) is 52.0 Å². The number of amides is 3. The van der Waals surface area contributed by atoms with Crippen molar-refractivity contribution >= 4 is 35.6 Å². The predicted molar refractivity (Wildman–Crippen MR) is 133 cm³/mol. The molecule has 0 rings (SSSR count). The van der Waals surface area contributed by atoms with Gasteiger partial charge in [0.15, 0.2) is 5.96 Å². The monoisotopic (exact) mass is 532 g/mol. The maximum Gasteiger partial charge on any atom is 0.326 e. The van der Waals surface area contributed by atoms with Crippen LogP contribution in [0, 0.1) is 0 Å². The van der Waals surface area contributed by atoms with Gasteiger partial charge in [-0.15, -0.1) is 0 Å². The van der Waals surface area contributed by atoms with Crippen LogP contribution in [0.25, 0.3) is 0 Å². The van der Waals surface area contributed by atoms with Crippen molar-refractivity contribution in [2.24, 2.45) is 27.9 Å². The fourth-order valence-electron chi connectivity index (χ4n) is 3.14. The molecular weight excluding hydrogens is 492 g/mol. The van der Waals surface area contributed by atoms with Crippen molar-refractivity contribution in [2.45, 2.75) is 82.1 Å². The number of nitrogens with one attached hydrogen (secondary N) is 3. The smallest absolute Gasteiger partial charge is 0.326 e. The summed E-state index contributed by atoms with van der Waals surface area (Å²) in [6.45, 7) is 1.81. The zero-order chi connectivity index (χ0) is 28.5. The highest BCUT2D eigenvalue weighted by Gasteiger charge is 2.32. The first kappa shape index (κ1) is 33.5. The minimum Gasteiger partial charge on any atom is -0.481 e. The quantitative estimate of drug-likeness (QED) is 0.0436. The Morgan fingerprint density at radius 2 is 1.46 bits per heavy atom. The summed E-state index contributed by atoms with van der Waals surface area (Å²) < 4.78 is 0. The fraction of sp³-hybridized carbons (Fsp3) is 0.714. The summed E-state index contributed by atoms with van der Waals surface area (Å²) in [6.07, 6.45) is -0.583. The maximum atomic E-state index is 13.0. The van der Waals surface area contributed by atoms with E-state index in [-0.39, 0.29) is 25.3 Å². The number of unbranched alkanes of at least 4 members (excludes halogenated alkanes) is 1. The van der Waals surface area contributed by atoms with Gasteiger partial charge < -0.3 is 54.2 Å². The lowest BCUT2D eigenvalue weighted by Gasteiger charge is -2.26. The van der Waals surface area contributed by atoms with Gasteiger partial charge in [0.05, 0.1) is 12.1 Å². The van der Waals surface area contributed by atoms with Crippen LogP contribution in [0.2, 0.25) is 0 Å². The van der Waals surface area contributed by atoms with E-state index in [9.17, 15) is 34.2 Å². The molecule has 212 valence electrons. The number of rotatable bonds is 19. The molecule has 0 aromatic rings. The lowest BCUT2D eigenvalue weighted by Crippen LogP contribution is -2.59. The van der Waals surface area contributed by atoms with Crippen LogP contribution in [-0.4, -0.2) is 94.3 Å². The third-order valence-corrected chi connectivity index (χ3v) is 5.21. The molecule has 5 unspecified atom stereocenters. The van der Waals surface area contributed by atoms with Crippen LogP contribution in [0.3, 0.4) is 0 Å². The second kappa shape index (κ2) is 17.9. The van der Waals surface area contributed by atoms with Crippen LogP contribution in [0.1, 0.15) is 51.9 Å². The predicted octanol–water partition coefficient (Wildman–Crippen LogP) is -3.72. The summed E-state index contributed by atoms with van der Waals surface area (Å²) in [5.41, 5.74) is 21.9. The molecule has 16 nitrogen and oxygen atoms in total. The molecule has 0 aromatic heterocycles. The van der Waals surface area contributed by atoms with Crippen molar-refractivity contribution in [3.8, 4) is 0 Å². The molecule has 5 atom stereocenters. The van der Waals surface area contributed by atoms with Gasteiger partial charge in [0.1, 0.15) is 18.1 Å². The van der Waals surface area contributed by atoms with Crippen LogP contribution in [-0.2, 0) is 24.0 Å². The standard InChI is InChI=1S/C21H40N8O8/c1-11(30)16(19(35)28-14(20(36)37)7-8-15(31)32)29-18(34)13(6-2-3-9-22)27-17(33)12(23)5-4-10-26-21(24)25/h11-14,16,30H,2-10,22-23H2,1H3,(H,27,33)(H,28,35)(H,29,34)(H,31,32)(H,36,37)(H4,24,25,26). The molecular formula is C21H40N8O8. The number of hydrogen-bond acceptors (Lipinski definition) is 9. The first-order chi connectivity index (χ1) is 17.3. The Morgan fingerprint density at radius 3 is 1.97 bits per heavy atom. The fourth-order valence-corrected chi connectivity index (χ4v) is 3.14. The van der Waals surface area contributed by atoms with E-state index >= 15 is 0 Å². The van der Waals surface area contributed by atoms with Crippen LogP contribution in [0.5, 0.6) is 0 Å². The van der Waals surface area contributed by atoms with Crippen molar-refractivity contribution in [2.75, 3.05) is 13.1 Å². The summed E-state index contributed by atoms with van der Waals surface area (Å²) in [6, 6.07) is -5.24. The summed E-state index contributed by atoms with van der Waals surface area (Å²) >= 11 is 0. The number of aliphatic hydroxyl groups excluding tert-OH is 1. The molecule has 14 N–H and O–H groups in total. The average Bonchev–Trinajstić information content (AvgIpc) is 2.80. The van der Waals surface area contributed by atoms with Crippen LogP contribution < -0.4 is 38.9 Å². The Hall–Kier alpha value is -3.50. The van der Waals surface area contributed by atoms with Gasteiger partial charge in [0.2, 0.25) is 17.7 Å². The Morgan fingerprint density at radius 1 is 0.838 bits per heavy atom. The minimum absolute atomic E-state index is 0.0945. The number of carboxylic acid groups (broad SMARTS) is 2. The van der Waals surface area contributed by atoms with E-state index in [4.69, 9.17) is 28.0 Å². The van der Waals surface area contributed by atoms with Crippen LogP contribution in [0.4, 0.5) is 0 Å². The van der Waals surface area contributed by atoms with E-state index < -0.39 is 72.8 Å². The zero-order valence-corrected chi connectivity index (χ0v) is 20.9. The molecule has 0 aromatic carbocycles. The maximum absolute atomic E-state index is 13.0. The molecule has 0 saturated heterocycles. The highest BCUT2D eigenvalue weighted by molar-refractivity contribution is 5.94. The van der Waals surface area contributed by atoms with Crippen molar-refractivity contribution in [3.05, 3.63) is 0 Å². The first-order valence-electron chi connectivity index (χ1n) is 11.8. The first-order valence-corrected chi connectivity index (χ1v) is 11.8. The van der Waals surface area contributed by atoms with Gasteiger partial charge in [0, 0.05) is 13.0 Å². The van der Waals surface area contributed by atoms with E-state index in [2.05, 4.69) is 20.9 Å². The number of carboxylic acids is 2. The number of guanidine groups is 1. The number of aliphatic carboxylic acids is 2. The average molecular weight is 533 g/mol. The number of carbonyl (C=O) groups excluding carboxylic acids is 3. The number of aliphatic hydroxyl groups is 1. The molecule has 0 fully saturated rings. The van der Waals surface area contributed by atoms with Gasteiger partial charge in [-0.1, -0.05) is 0 Å². The van der Waals surface area contributed by atoms with E-state index in [1.54, 1.807) is 0 Å². The topological polar surface area (TPSA) is 299 Å². The van der Waals surface area contributed by atoms with Gasteiger partial charge >= 0.3 is 11.9 Å². The molecule has 0 radical (unpaired) electrons. The molecule has 0 aliphatic carbocycles. The van der Waals surface area contributed by atoms with Gasteiger partial charge in [0.25, 0.3) is 0 Å². The molecule has 37 heavy (non-hydrogen) atoms. The van der Waals surface area contributed by atoms with Crippen molar-refractivity contribution in [1.29, 1.82) is 0 Å². The number of nitrogens with two attached hydrogens (primary N) is 4. The highest BCUT2D eigenvalue weighted by Crippen LogP contribution is 2.06. The van der Waals surface area contributed by atoms with E-state index in [1.165, 1.54) is 6.92 Å². The summed E-state index contributed by atoms with van der Waals surface area (Å²) in [5.74, 6) is -5.31. The number of carbonyl (C=O) groups is 5. The second-order valence-electron chi connectivity index (χ2n) is 8.46. The largest absolute Gasteiger partial charge is 0.481 e. The third-order valence-electron chi connectivity index (χ3n) is 5.21. The zero-order valence-electron chi connectivity index (χ0n) is 20.9. The van der Waals surface area contributed by atoms with E-state index in [1.807, 2.05) is 0 Å². The van der Waals surface area contributed by atoms with E-state index in [0.717, 1.165) is 0 Å².